The molecule has 0 aliphatic heterocycles. The minimum atomic E-state index is 0.187. The molecule has 0 saturated carbocycles. The van der Waals surface area contributed by atoms with Crippen molar-refractivity contribution in [2.75, 3.05) is 7.11 Å². The number of hydrogen-bond donors (Lipinski definition) is 0. The van der Waals surface area contributed by atoms with E-state index in [4.69, 9.17) is 4.74 Å². The van der Waals surface area contributed by atoms with E-state index in [0.717, 1.165) is 36.1 Å². The van der Waals surface area contributed by atoms with Gasteiger partial charge in [0.2, 0.25) is 0 Å². The summed E-state index contributed by atoms with van der Waals surface area (Å²) < 4.78 is 5.19. The molecule has 1 unspecified atom stereocenters. The van der Waals surface area contributed by atoms with Crippen LogP contribution in [0.1, 0.15) is 38.2 Å². The molecule has 1 atom stereocenters. The van der Waals surface area contributed by atoms with Gasteiger partial charge in [0.1, 0.15) is 5.75 Å². The van der Waals surface area contributed by atoms with Crippen LogP contribution in [0.5, 0.6) is 5.75 Å². The maximum atomic E-state index is 12.5. The summed E-state index contributed by atoms with van der Waals surface area (Å²) in [4.78, 5) is 12.5. The summed E-state index contributed by atoms with van der Waals surface area (Å²) in [6.07, 6.45) is 5.35. The maximum absolute atomic E-state index is 12.5. The first-order valence-electron chi connectivity index (χ1n) is 7.22. The van der Waals surface area contributed by atoms with Gasteiger partial charge in [0, 0.05) is 11.5 Å². The first-order valence-corrected chi connectivity index (χ1v) is 7.22. The lowest BCUT2D eigenvalue weighted by Crippen LogP contribution is -2.21. The van der Waals surface area contributed by atoms with Crippen LogP contribution >= 0.6 is 0 Å². The van der Waals surface area contributed by atoms with Crippen molar-refractivity contribution in [1.82, 2.24) is 0 Å². The first-order chi connectivity index (χ1) is 9.71. The quantitative estimate of drug-likeness (QED) is 0.741. The summed E-state index contributed by atoms with van der Waals surface area (Å²) in [7, 11) is 1.66. The van der Waals surface area contributed by atoms with Crippen LogP contribution < -0.4 is 4.74 Å². The molecule has 20 heavy (non-hydrogen) atoms. The lowest BCUT2D eigenvalue weighted by molar-refractivity contribution is -0.119. The van der Waals surface area contributed by atoms with E-state index in [1.807, 2.05) is 30.3 Å². The molecule has 1 aliphatic rings. The molecule has 0 N–H and O–H groups in total. The third-order valence-electron chi connectivity index (χ3n) is 4.06. The molecule has 0 saturated heterocycles. The minimum Gasteiger partial charge on any atom is -0.497 e. The second-order valence-electron chi connectivity index (χ2n) is 5.19. The topological polar surface area (TPSA) is 26.3 Å². The Bertz CT molecular complexity index is 523. The van der Waals surface area contributed by atoms with E-state index < -0.39 is 0 Å². The molecule has 0 fully saturated rings. The van der Waals surface area contributed by atoms with Gasteiger partial charge in [-0.05, 0) is 49.0 Å². The third kappa shape index (κ3) is 2.84. The number of Topliss-reactive ketones (excluding diaryl/α,β-unsaturated/α-hetero) is 1. The molecule has 0 amide bonds. The molecule has 0 radical (unpaired) electrons. The zero-order chi connectivity index (χ0) is 14.5. The number of rotatable bonds is 5. The Morgan fingerprint density at radius 1 is 1.35 bits per heavy atom. The van der Waals surface area contributed by atoms with Gasteiger partial charge in [-0.25, -0.2) is 0 Å². The summed E-state index contributed by atoms with van der Waals surface area (Å²) in [6.45, 7) is 5.88. The Balaban J connectivity index is 2.40. The van der Waals surface area contributed by atoms with Crippen molar-refractivity contribution in [1.29, 1.82) is 0 Å². The van der Waals surface area contributed by atoms with Gasteiger partial charge in [-0.2, -0.15) is 0 Å². The molecule has 0 bridgehead atoms. The van der Waals surface area contributed by atoms with E-state index in [9.17, 15) is 4.79 Å². The van der Waals surface area contributed by atoms with Crippen molar-refractivity contribution in [2.24, 2.45) is 5.92 Å². The fourth-order valence-corrected chi connectivity index (χ4v) is 2.86. The molecule has 0 aromatic heterocycles. The third-order valence-corrected chi connectivity index (χ3v) is 4.06. The Morgan fingerprint density at radius 3 is 2.60 bits per heavy atom. The Kier molecular flexibility index (Phi) is 4.78. The number of ether oxygens (including phenoxy) is 1. The molecule has 0 spiro atoms. The van der Waals surface area contributed by atoms with Gasteiger partial charge in [-0.15, -0.1) is 6.58 Å². The van der Waals surface area contributed by atoms with Gasteiger partial charge < -0.3 is 4.74 Å². The van der Waals surface area contributed by atoms with Gasteiger partial charge in [0.05, 0.1) is 7.11 Å². The Hall–Kier alpha value is -1.83. The summed E-state index contributed by atoms with van der Waals surface area (Å²) in [5.74, 6) is 1.34. The average Bonchev–Trinajstić information content (AvgIpc) is 2.49. The van der Waals surface area contributed by atoms with Crippen molar-refractivity contribution < 1.29 is 9.53 Å². The largest absolute Gasteiger partial charge is 0.497 e. The van der Waals surface area contributed by atoms with Crippen molar-refractivity contribution in [2.45, 2.75) is 32.6 Å². The lowest BCUT2D eigenvalue weighted by atomic mass is 9.78. The molecule has 1 aromatic rings. The highest BCUT2D eigenvalue weighted by Crippen LogP contribution is 2.36. The summed E-state index contributed by atoms with van der Waals surface area (Å²) in [5, 5.41) is 0. The van der Waals surface area contributed by atoms with Gasteiger partial charge in [-0.3, -0.25) is 4.79 Å². The fraction of sp³-hybridized carbons (Fsp3) is 0.389. The van der Waals surface area contributed by atoms with Crippen molar-refractivity contribution in [3.63, 3.8) is 0 Å². The van der Waals surface area contributed by atoms with Gasteiger partial charge in [0.15, 0.2) is 5.78 Å². The van der Waals surface area contributed by atoms with Crippen LogP contribution in [0.15, 0.2) is 42.5 Å². The summed E-state index contributed by atoms with van der Waals surface area (Å²) in [5.41, 5.74) is 3.26. The highest BCUT2D eigenvalue weighted by atomic mass is 16.5. The molecule has 106 valence electrons. The van der Waals surface area contributed by atoms with Gasteiger partial charge >= 0.3 is 0 Å². The van der Waals surface area contributed by atoms with Crippen molar-refractivity contribution in [3.05, 3.63) is 48.1 Å². The molecule has 1 aliphatic carbocycles. The van der Waals surface area contributed by atoms with Crippen LogP contribution in [0.4, 0.5) is 0 Å². The Morgan fingerprint density at radius 2 is 2.05 bits per heavy atom. The predicted octanol–water partition coefficient (Wildman–Crippen LogP) is 4.41. The molecule has 1 aromatic carbocycles. The monoisotopic (exact) mass is 270 g/mol. The number of carbonyl (C=O) groups is 1. The summed E-state index contributed by atoms with van der Waals surface area (Å²) >= 11 is 0. The summed E-state index contributed by atoms with van der Waals surface area (Å²) in [6, 6.07) is 7.97. The normalized spacial score (nSPS) is 19.1. The van der Waals surface area contributed by atoms with E-state index in [2.05, 4.69) is 13.5 Å². The zero-order valence-corrected chi connectivity index (χ0v) is 12.3. The lowest BCUT2D eigenvalue weighted by Gasteiger charge is -2.25. The second kappa shape index (κ2) is 6.56. The number of allylic oxidation sites excluding steroid dienone is 3. The highest BCUT2D eigenvalue weighted by Gasteiger charge is 2.28. The van der Waals surface area contributed by atoms with E-state index in [1.165, 1.54) is 5.57 Å². The minimum absolute atomic E-state index is 0.187. The van der Waals surface area contributed by atoms with Crippen LogP contribution in [-0.2, 0) is 4.79 Å². The van der Waals surface area contributed by atoms with E-state index >= 15 is 0 Å². The smallest absolute Gasteiger partial charge is 0.162 e. The molecular formula is C18H22O2. The van der Waals surface area contributed by atoms with Gasteiger partial charge in [-0.1, -0.05) is 25.1 Å². The molecule has 2 rings (SSSR count). The fourth-order valence-electron chi connectivity index (χ4n) is 2.86. The maximum Gasteiger partial charge on any atom is 0.162 e. The predicted molar refractivity (Wildman–Crippen MR) is 82.8 cm³/mol. The molecule has 2 heteroatoms. The number of ketones is 1. The van der Waals surface area contributed by atoms with E-state index in [0.29, 0.717) is 12.2 Å². The van der Waals surface area contributed by atoms with Crippen LogP contribution in [0.3, 0.4) is 0 Å². The number of carbonyl (C=O) groups excluding carboxylic acids is 1. The number of methoxy groups -OCH3 is 1. The highest BCUT2D eigenvalue weighted by molar-refractivity contribution is 6.05. The first kappa shape index (κ1) is 14.6. The van der Waals surface area contributed by atoms with E-state index in [-0.39, 0.29) is 5.92 Å². The van der Waals surface area contributed by atoms with E-state index in [1.54, 1.807) is 7.11 Å². The molecular weight excluding hydrogens is 248 g/mol. The van der Waals surface area contributed by atoms with Crippen LogP contribution in [0.2, 0.25) is 0 Å². The SMILES string of the molecule is C=CCC1=C(c2ccc(OC)cc2)CCC(CC)C1=O. The van der Waals surface area contributed by atoms with Crippen LogP contribution in [0.25, 0.3) is 5.57 Å². The van der Waals surface area contributed by atoms with Crippen LogP contribution in [0, 0.1) is 5.92 Å². The average molecular weight is 270 g/mol. The van der Waals surface area contributed by atoms with Crippen molar-refractivity contribution >= 4 is 11.4 Å². The van der Waals surface area contributed by atoms with Crippen LogP contribution in [-0.4, -0.2) is 12.9 Å². The molecule has 2 nitrogen and oxygen atoms in total. The second-order valence-corrected chi connectivity index (χ2v) is 5.19. The number of benzene rings is 1. The molecule has 0 heterocycles. The van der Waals surface area contributed by atoms with Gasteiger partial charge in [0.25, 0.3) is 0 Å². The Labute approximate surface area is 121 Å². The van der Waals surface area contributed by atoms with Crippen molar-refractivity contribution in [3.8, 4) is 5.75 Å². The number of hydrogen-bond acceptors (Lipinski definition) is 2. The standard InChI is InChI=1S/C18H22O2/c1-4-6-17-16(12-9-13(5-2)18(17)19)14-7-10-15(20-3)11-8-14/h4,7-8,10-11,13H,1,5-6,9,12H2,2-3H3. The zero-order valence-electron chi connectivity index (χ0n) is 12.3.